The minimum Gasteiger partial charge on any atom is -0.475 e. The Morgan fingerprint density at radius 1 is 1.29 bits per heavy atom. The van der Waals surface area contributed by atoms with Gasteiger partial charge in [-0.05, 0) is 42.7 Å². The van der Waals surface area contributed by atoms with E-state index >= 15 is 0 Å². The van der Waals surface area contributed by atoms with Crippen molar-refractivity contribution in [3.8, 4) is 0 Å². The third-order valence-electron chi connectivity index (χ3n) is 4.17. The fraction of sp³-hybridized carbons (Fsp3) is 0.625. The molecule has 1 aromatic rings. The summed E-state index contributed by atoms with van der Waals surface area (Å²) in [6.45, 7) is 5.04. The van der Waals surface area contributed by atoms with Crippen LogP contribution in [-0.2, 0) is 0 Å². The van der Waals surface area contributed by atoms with Gasteiger partial charge in [0.15, 0.2) is 5.76 Å². The van der Waals surface area contributed by atoms with E-state index in [9.17, 15) is 9.59 Å². The molecule has 0 unspecified atom stereocenters. The molecule has 1 aliphatic carbocycles. The Balaban J connectivity index is 1.96. The molecule has 1 fully saturated rings. The third kappa shape index (κ3) is 3.86. The Kier molecular flexibility index (Phi) is 4.70. The minimum atomic E-state index is -1.17. The highest BCUT2D eigenvalue weighted by Crippen LogP contribution is 2.42. The summed E-state index contributed by atoms with van der Waals surface area (Å²) in [5.41, 5.74) is 0.187. The van der Waals surface area contributed by atoms with Crippen molar-refractivity contribution in [2.75, 3.05) is 6.54 Å². The molecule has 116 valence electrons. The Morgan fingerprint density at radius 3 is 2.43 bits per heavy atom. The number of carbonyl (C=O) groups is 2. The zero-order valence-corrected chi connectivity index (χ0v) is 12.6. The fourth-order valence-corrected chi connectivity index (χ4v) is 3.37. The van der Waals surface area contributed by atoms with Crippen LogP contribution in [0.3, 0.4) is 0 Å². The average molecular weight is 293 g/mol. The molecule has 5 nitrogen and oxygen atoms in total. The Labute approximate surface area is 124 Å². The van der Waals surface area contributed by atoms with Gasteiger partial charge >= 0.3 is 5.97 Å². The quantitative estimate of drug-likeness (QED) is 0.843. The first kappa shape index (κ1) is 15.6. The Hall–Kier alpha value is -1.78. The van der Waals surface area contributed by atoms with Crippen molar-refractivity contribution in [1.29, 1.82) is 0 Å². The number of aromatic carboxylic acids is 1. The number of rotatable bonds is 6. The van der Waals surface area contributed by atoms with Gasteiger partial charge in [-0.2, -0.15) is 0 Å². The first-order chi connectivity index (χ1) is 9.92. The molecule has 1 aromatic heterocycles. The number of amides is 1. The molecule has 5 heteroatoms. The van der Waals surface area contributed by atoms with Gasteiger partial charge in [-0.3, -0.25) is 4.79 Å². The van der Waals surface area contributed by atoms with Crippen LogP contribution in [0.5, 0.6) is 0 Å². The van der Waals surface area contributed by atoms with Gasteiger partial charge in [-0.15, -0.1) is 0 Å². The lowest BCUT2D eigenvalue weighted by Gasteiger charge is -2.31. The molecule has 0 aliphatic heterocycles. The van der Waals surface area contributed by atoms with E-state index in [0.29, 0.717) is 12.5 Å². The topological polar surface area (TPSA) is 79.5 Å². The lowest BCUT2D eigenvalue weighted by Crippen LogP contribution is -2.36. The zero-order valence-electron chi connectivity index (χ0n) is 12.6. The summed E-state index contributed by atoms with van der Waals surface area (Å²) >= 11 is 0. The van der Waals surface area contributed by atoms with Gasteiger partial charge in [0.2, 0.25) is 5.76 Å². The first-order valence-corrected chi connectivity index (χ1v) is 7.53. The highest BCUT2D eigenvalue weighted by Gasteiger charge is 2.34. The van der Waals surface area contributed by atoms with Crippen LogP contribution in [0.1, 0.15) is 67.1 Å². The second kappa shape index (κ2) is 6.33. The van der Waals surface area contributed by atoms with Crippen molar-refractivity contribution in [3.05, 3.63) is 23.7 Å². The maximum Gasteiger partial charge on any atom is 0.371 e. The molecule has 1 amide bonds. The van der Waals surface area contributed by atoms with Crippen LogP contribution >= 0.6 is 0 Å². The van der Waals surface area contributed by atoms with E-state index in [1.807, 2.05) is 0 Å². The van der Waals surface area contributed by atoms with Gasteiger partial charge < -0.3 is 14.8 Å². The van der Waals surface area contributed by atoms with E-state index in [4.69, 9.17) is 9.52 Å². The molecule has 0 radical (unpaired) electrons. The van der Waals surface area contributed by atoms with Crippen LogP contribution in [-0.4, -0.2) is 23.5 Å². The van der Waals surface area contributed by atoms with E-state index in [2.05, 4.69) is 19.2 Å². The second-order valence-corrected chi connectivity index (χ2v) is 6.46. The van der Waals surface area contributed by atoms with Crippen molar-refractivity contribution in [2.45, 2.75) is 46.0 Å². The van der Waals surface area contributed by atoms with Gasteiger partial charge in [0.05, 0.1) is 0 Å². The van der Waals surface area contributed by atoms with Gasteiger partial charge in [-0.1, -0.05) is 26.7 Å². The van der Waals surface area contributed by atoms with Gasteiger partial charge in [0, 0.05) is 6.54 Å². The monoisotopic (exact) mass is 293 g/mol. The lowest BCUT2D eigenvalue weighted by atomic mass is 9.78. The van der Waals surface area contributed by atoms with Crippen molar-refractivity contribution < 1.29 is 19.1 Å². The van der Waals surface area contributed by atoms with Crippen molar-refractivity contribution in [1.82, 2.24) is 5.32 Å². The molecule has 1 heterocycles. The summed E-state index contributed by atoms with van der Waals surface area (Å²) < 4.78 is 5.02. The largest absolute Gasteiger partial charge is 0.475 e. The predicted molar refractivity (Wildman–Crippen MR) is 78.4 cm³/mol. The van der Waals surface area contributed by atoms with Crippen LogP contribution in [0.4, 0.5) is 0 Å². The number of carboxylic acid groups (broad SMARTS) is 1. The summed E-state index contributed by atoms with van der Waals surface area (Å²) in [4.78, 5) is 22.8. The van der Waals surface area contributed by atoms with Crippen LogP contribution in [0.25, 0.3) is 0 Å². The Morgan fingerprint density at radius 2 is 1.90 bits per heavy atom. The third-order valence-corrected chi connectivity index (χ3v) is 4.17. The fourth-order valence-electron chi connectivity index (χ4n) is 3.37. The second-order valence-electron chi connectivity index (χ2n) is 6.46. The number of carboxylic acids is 1. The number of hydrogen-bond donors (Lipinski definition) is 2. The molecular weight excluding hydrogens is 270 g/mol. The van der Waals surface area contributed by atoms with Crippen LogP contribution in [0, 0.1) is 11.3 Å². The highest BCUT2D eigenvalue weighted by atomic mass is 16.4. The maximum absolute atomic E-state index is 12.1. The summed E-state index contributed by atoms with van der Waals surface area (Å²) in [5, 5.41) is 11.7. The van der Waals surface area contributed by atoms with E-state index in [1.165, 1.54) is 25.0 Å². The summed E-state index contributed by atoms with van der Waals surface area (Å²) in [6.07, 6.45) is 5.82. The molecule has 0 spiro atoms. The molecule has 2 N–H and O–H groups in total. The van der Waals surface area contributed by atoms with Gasteiger partial charge in [0.25, 0.3) is 5.91 Å². The molecule has 1 saturated carbocycles. The van der Waals surface area contributed by atoms with Crippen LogP contribution in [0.15, 0.2) is 16.5 Å². The predicted octanol–water partition coefficient (Wildman–Crippen LogP) is 3.31. The minimum absolute atomic E-state index is 0.0603. The summed E-state index contributed by atoms with van der Waals surface area (Å²) in [7, 11) is 0. The zero-order chi connectivity index (χ0) is 15.5. The Bertz CT molecular complexity index is 512. The summed E-state index contributed by atoms with van der Waals surface area (Å²) in [5.74, 6) is -1.05. The van der Waals surface area contributed by atoms with Gasteiger partial charge in [-0.25, -0.2) is 4.79 Å². The van der Waals surface area contributed by atoms with Crippen molar-refractivity contribution in [3.63, 3.8) is 0 Å². The highest BCUT2D eigenvalue weighted by molar-refractivity contribution is 5.93. The SMILES string of the molecule is CC(C)CC1(CNC(=O)c2ccc(C(=O)O)o2)CCCC1. The number of furan rings is 1. The van der Waals surface area contributed by atoms with E-state index in [1.54, 1.807) is 0 Å². The molecule has 1 aliphatic rings. The average Bonchev–Trinajstić information content (AvgIpc) is 3.04. The van der Waals surface area contributed by atoms with E-state index in [-0.39, 0.29) is 22.8 Å². The first-order valence-electron chi connectivity index (χ1n) is 7.53. The number of nitrogens with one attached hydrogen (secondary N) is 1. The smallest absolute Gasteiger partial charge is 0.371 e. The van der Waals surface area contributed by atoms with Gasteiger partial charge in [0.1, 0.15) is 0 Å². The van der Waals surface area contributed by atoms with Crippen LogP contribution in [0.2, 0.25) is 0 Å². The maximum atomic E-state index is 12.1. The summed E-state index contributed by atoms with van der Waals surface area (Å²) in [6, 6.07) is 2.71. The van der Waals surface area contributed by atoms with Crippen LogP contribution < -0.4 is 5.32 Å². The normalized spacial score (nSPS) is 17.1. The molecule has 0 saturated heterocycles. The molecular formula is C16H23NO4. The molecule has 0 bridgehead atoms. The van der Waals surface area contributed by atoms with E-state index < -0.39 is 5.97 Å². The number of carbonyl (C=O) groups excluding carboxylic acids is 1. The molecule has 21 heavy (non-hydrogen) atoms. The lowest BCUT2D eigenvalue weighted by molar-refractivity contribution is 0.0659. The standard InChI is InChI=1S/C16H23NO4/c1-11(2)9-16(7-3-4-8-16)10-17-14(18)12-5-6-13(21-12)15(19)20/h5-6,11H,3-4,7-10H2,1-2H3,(H,17,18)(H,19,20). The van der Waals surface area contributed by atoms with Crippen molar-refractivity contribution in [2.24, 2.45) is 11.3 Å². The van der Waals surface area contributed by atoms with Crippen molar-refractivity contribution >= 4 is 11.9 Å². The van der Waals surface area contributed by atoms with E-state index in [0.717, 1.165) is 19.3 Å². The molecule has 0 atom stereocenters. The molecule has 2 rings (SSSR count). The molecule has 0 aromatic carbocycles. The number of hydrogen-bond acceptors (Lipinski definition) is 3.